The summed E-state index contributed by atoms with van der Waals surface area (Å²) >= 11 is 0. The van der Waals surface area contributed by atoms with E-state index in [4.69, 9.17) is 0 Å². The number of benzene rings is 1. The van der Waals surface area contributed by atoms with Crippen LogP contribution in [0.15, 0.2) is 36.7 Å². The van der Waals surface area contributed by atoms with Crippen molar-refractivity contribution in [1.82, 2.24) is 20.0 Å². The zero-order valence-corrected chi connectivity index (χ0v) is 14.4. The molecule has 0 saturated heterocycles. The Labute approximate surface area is 141 Å². The molecule has 1 heterocycles. The van der Waals surface area contributed by atoms with Crippen molar-refractivity contribution in [3.63, 3.8) is 0 Å². The van der Waals surface area contributed by atoms with Gasteiger partial charge in [-0.1, -0.05) is 6.07 Å². The lowest BCUT2D eigenvalue weighted by Crippen LogP contribution is -2.45. The number of nitrogens with zero attached hydrogens (tertiary/aromatic N) is 3. The van der Waals surface area contributed by atoms with E-state index in [1.165, 1.54) is 0 Å². The summed E-state index contributed by atoms with van der Waals surface area (Å²) in [7, 11) is 3.55. The fourth-order valence-corrected chi connectivity index (χ4v) is 2.22. The Morgan fingerprint density at radius 1 is 1.33 bits per heavy atom. The van der Waals surface area contributed by atoms with Crippen molar-refractivity contribution in [2.75, 3.05) is 18.9 Å². The van der Waals surface area contributed by atoms with Gasteiger partial charge in [0.25, 0.3) is 5.91 Å². The molecule has 2 amide bonds. The molecule has 2 N–H and O–H groups in total. The van der Waals surface area contributed by atoms with Crippen molar-refractivity contribution >= 4 is 23.2 Å². The van der Waals surface area contributed by atoms with Gasteiger partial charge in [-0.05, 0) is 32.0 Å². The van der Waals surface area contributed by atoms with Crippen LogP contribution in [0.1, 0.15) is 24.2 Å². The number of anilines is 2. The van der Waals surface area contributed by atoms with Crippen LogP contribution in [0.3, 0.4) is 0 Å². The number of amides is 2. The quantitative estimate of drug-likeness (QED) is 0.846. The van der Waals surface area contributed by atoms with Crippen molar-refractivity contribution in [3.8, 4) is 0 Å². The average molecular weight is 329 g/mol. The van der Waals surface area contributed by atoms with Crippen molar-refractivity contribution < 1.29 is 9.59 Å². The molecule has 7 nitrogen and oxygen atoms in total. The minimum atomic E-state index is -0.572. The van der Waals surface area contributed by atoms with Crippen LogP contribution < -0.4 is 10.6 Å². The number of carbonyl (C=O) groups is 2. The lowest BCUT2D eigenvalue weighted by atomic mass is 10.1. The molecule has 0 aliphatic heterocycles. The third-order valence-corrected chi connectivity index (χ3v) is 3.69. The Morgan fingerprint density at radius 3 is 2.71 bits per heavy atom. The van der Waals surface area contributed by atoms with Crippen LogP contribution in [0.5, 0.6) is 0 Å². The van der Waals surface area contributed by atoms with E-state index in [-0.39, 0.29) is 11.8 Å². The van der Waals surface area contributed by atoms with Gasteiger partial charge in [-0.2, -0.15) is 5.10 Å². The van der Waals surface area contributed by atoms with Crippen LogP contribution in [-0.4, -0.2) is 46.1 Å². The largest absolute Gasteiger partial charge is 0.353 e. The summed E-state index contributed by atoms with van der Waals surface area (Å²) in [5.74, 6) is -0.398. The molecule has 0 aliphatic carbocycles. The SMILES string of the molecule is CCN(C)C(=O)C(C)NC(=O)c1cccc(Nc2cnn(C)c2)c1. The maximum absolute atomic E-state index is 12.4. The van der Waals surface area contributed by atoms with E-state index in [2.05, 4.69) is 15.7 Å². The maximum Gasteiger partial charge on any atom is 0.251 e. The van der Waals surface area contributed by atoms with E-state index < -0.39 is 6.04 Å². The van der Waals surface area contributed by atoms with Gasteiger partial charge in [0.2, 0.25) is 5.91 Å². The summed E-state index contributed by atoms with van der Waals surface area (Å²) in [6, 6.07) is 6.53. The number of likely N-dealkylation sites (N-methyl/N-ethyl adjacent to an activating group) is 1. The van der Waals surface area contributed by atoms with Crippen LogP contribution >= 0.6 is 0 Å². The first kappa shape index (κ1) is 17.5. The van der Waals surface area contributed by atoms with Crippen molar-refractivity contribution in [2.45, 2.75) is 19.9 Å². The topological polar surface area (TPSA) is 79.3 Å². The number of aryl methyl sites for hydroxylation is 1. The van der Waals surface area contributed by atoms with Gasteiger partial charge in [-0.25, -0.2) is 0 Å². The number of hydrogen-bond acceptors (Lipinski definition) is 4. The second kappa shape index (κ2) is 7.63. The highest BCUT2D eigenvalue weighted by atomic mass is 16.2. The first-order chi connectivity index (χ1) is 11.4. The molecule has 0 aliphatic rings. The smallest absolute Gasteiger partial charge is 0.251 e. The van der Waals surface area contributed by atoms with Gasteiger partial charge in [0, 0.05) is 38.1 Å². The molecule has 0 bridgehead atoms. The van der Waals surface area contributed by atoms with Crippen LogP contribution in [0.25, 0.3) is 0 Å². The molecule has 1 atom stereocenters. The van der Waals surface area contributed by atoms with Crippen molar-refractivity contribution in [2.24, 2.45) is 7.05 Å². The van der Waals surface area contributed by atoms with E-state index in [1.807, 2.05) is 26.2 Å². The fraction of sp³-hybridized carbons (Fsp3) is 0.353. The monoisotopic (exact) mass is 329 g/mol. The van der Waals surface area contributed by atoms with Crippen LogP contribution in [0.4, 0.5) is 11.4 Å². The number of nitrogens with one attached hydrogen (secondary N) is 2. The fourth-order valence-electron chi connectivity index (χ4n) is 2.22. The molecule has 1 aromatic carbocycles. The van der Waals surface area contributed by atoms with Crippen molar-refractivity contribution in [1.29, 1.82) is 0 Å². The molecule has 128 valence electrons. The van der Waals surface area contributed by atoms with Gasteiger partial charge in [-0.15, -0.1) is 0 Å². The Bertz CT molecular complexity index is 725. The summed E-state index contributed by atoms with van der Waals surface area (Å²) < 4.78 is 1.69. The minimum Gasteiger partial charge on any atom is -0.353 e. The summed E-state index contributed by atoms with van der Waals surface area (Å²) in [4.78, 5) is 26.0. The first-order valence-electron chi connectivity index (χ1n) is 7.82. The molecule has 0 spiro atoms. The van der Waals surface area contributed by atoms with E-state index in [1.54, 1.807) is 47.9 Å². The number of aromatic nitrogens is 2. The van der Waals surface area contributed by atoms with Gasteiger partial charge in [0.1, 0.15) is 6.04 Å². The van der Waals surface area contributed by atoms with E-state index in [0.717, 1.165) is 11.4 Å². The average Bonchev–Trinajstić information content (AvgIpc) is 2.98. The van der Waals surface area contributed by atoms with Gasteiger partial charge >= 0.3 is 0 Å². The van der Waals surface area contributed by atoms with Gasteiger partial charge in [-0.3, -0.25) is 14.3 Å². The highest BCUT2D eigenvalue weighted by molar-refractivity contribution is 5.98. The zero-order valence-electron chi connectivity index (χ0n) is 14.4. The summed E-state index contributed by atoms with van der Waals surface area (Å²) in [6.45, 7) is 4.17. The van der Waals surface area contributed by atoms with Crippen LogP contribution in [0.2, 0.25) is 0 Å². The summed E-state index contributed by atoms with van der Waals surface area (Å²) in [6.07, 6.45) is 3.54. The molecule has 1 unspecified atom stereocenters. The molecule has 2 rings (SSSR count). The Morgan fingerprint density at radius 2 is 2.08 bits per heavy atom. The molecule has 2 aromatic rings. The van der Waals surface area contributed by atoms with Crippen molar-refractivity contribution in [3.05, 3.63) is 42.2 Å². The number of hydrogen-bond donors (Lipinski definition) is 2. The maximum atomic E-state index is 12.4. The third-order valence-electron chi connectivity index (χ3n) is 3.69. The predicted molar refractivity (Wildman–Crippen MR) is 93.2 cm³/mol. The third kappa shape index (κ3) is 4.34. The molecule has 0 saturated carbocycles. The van der Waals surface area contributed by atoms with Gasteiger partial charge in [0.05, 0.1) is 11.9 Å². The molecule has 24 heavy (non-hydrogen) atoms. The van der Waals surface area contributed by atoms with Crippen LogP contribution in [0, 0.1) is 0 Å². The Kier molecular flexibility index (Phi) is 5.57. The number of rotatable bonds is 6. The van der Waals surface area contributed by atoms with Gasteiger partial charge in [0.15, 0.2) is 0 Å². The standard InChI is InChI=1S/C17H23N5O2/c1-5-21(3)17(24)12(2)19-16(23)13-7-6-8-14(9-13)20-15-10-18-22(4)11-15/h6-12,20H,5H2,1-4H3,(H,19,23). The zero-order chi connectivity index (χ0) is 17.7. The molecule has 0 radical (unpaired) electrons. The molecule has 0 fully saturated rings. The highest BCUT2D eigenvalue weighted by Crippen LogP contribution is 2.17. The second-order valence-corrected chi connectivity index (χ2v) is 5.66. The molecule has 1 aromatic heterocycles. The Balaban J connectivity index is 2.04. The Hall–Kier alpha value is -2.83. The molecular weight excluding hydrogens is 306 g/mol. The van der Waals surface area contributed by atoms with Crippen LogP contribution in [-0.2, 0) is 11.8 Å². The molecular formula is C17H23N5O2. The van der Waals surface area contributed by atoms with E-state index >= 15 is 0 Å². The summed E-state index contributed by atoms with van der Waals surface area (Å²) in [5, 5.41) is 10.0. The minimum absolute atomic E-state index is 0.115. The normalized spacial score (nSPS) is 11.7. The highest BCUT2D eigenvalue weighted by Gasteiger charge is 2.19. The molecule has 7 heteroatoms. The summed E-state index contributed by atoms with van der Waals surface area (Å²) in [5.41, 5.74) is 2.10. The predicted octanol–water partition coefficient (Wildman–Crippen LogP) is 1.76. The number of carbonyl (C=O) groups excluding carboxylic acids is 2. The second-order valence-electron chi connectivity index (χ2n) is 5.66. The van der Waals surface area contributed by atoms with E-state index in [9.17, 15) is 9.59 Å². The lowest BCUT2D eigenvalue weighted by Gasteiger charge is -2.20. The first-order valence-corrected chi connectivity index (χ1v) is 7.82. The lowest BCUT2D eigenvalue weighted by molar-refractivity contribution is -0.131. The van der Waals surface area contributed by atoms with Gasteiger partial charge < -0.3 is 15.5 Å². The van der Waals surface area contributed by atoms with E-state index in [0.29, 0.717) is 12.1 Å².